The van der Waals surface area contributed by atoms with Crippen molar-refractivity contribution in [2.75, 3.05) is 14.2 Å². The van der Waals surface area contributed by atoms with Crippen molar-refractivity contribution in [1.82, 2.24) is 5.32 Å². The van der Waals surface area contributed by atoms with Gasteiger partial charge in [-0.2, -0.15) is 0 Å². The van der Waals surface area contributed by atoms with Crippen LogP contribution < -0.4 is 5.32 Å². The molecular formula is C9H15NO6. The van der Waals surface area contributed by atoms with E-state index in [0.717, 1.165) is 0 Å². The molecule has 0 aromatic rings. The third-order valence-electron chi connectivity index (χ3n) is 2.24. The van der Waals surface area contributed by atoms with Crippen LogP contribution in [0.2, 0.25) is 0 Å². The quantitative estimate of drug-likeness (QED) is 0.563. The summed E-state index contributed by atoms with van der Waals surface area (Å²) in [5.74, 6) is -1.24. The fraction of sp³-hybridized carbons (Fsp3) is 0.667. The molecule has 1 aliphatic rings. The van der Waals surface area contributed by atoms with Crippen LogP contribution in [0.1, 0.15) is 12.8 Å². The molecule has 1 fully saturated rings. The van der Waals surface area contributed by atoms with Gasteiger partial charge >= 0.3 is 11.9 Å². The highest BCUT2D eigenvalue weighted by Gasteiger charge is 2.35. The topological polar surface area (TPSA) is 113 Å². The van der Waals surface area contributed by atoms with Crippen molar-refractivity contribution in [1.29, 1.82) is 0 Å². The Labute approximate surface area is 92.4 Å². The fourth-order valence-corrected chi connectivity index (χ4v) is 1.49. The molecule has 1 aliphatic heterocycles. The van der Waals surface area contributed by atoms with E-state index in [1.807, 2.05) is 0 Å². The maximum Gasteiger partial charge on any atom is 0.323 e. The van der Waals surface area contributed by atoms with Crippen molar-refractivity contribution >= 4 is 17.7 Å². The molecule has 1 saturated heterocycles. The number of hydrogen-bond donors (Lipinski definition) is 1. The highest BCUT2D eigenvalue weighted by atomic mass is 16.5. The predicted molar refractivity (Wildman–Crippen MR) is 52.6 cm³/mol. The Bertz CT molecular complexity index is 264. The van der Waals surface area contributed by atoms with Crippen LogP contribution in [0.25, 0.3) is 0 Å². The molecule has 0 amide bonds. The smallest absolute Gasteiger partial charge is 0.323 e. The van der Waals surface area contributed by atoms with Gasteiger partial charge in [0.1, 0.15) is 17.9 Å². The van der Waals surface area contributed by atoms with E-state index < -0.39 is 24.0 Å². The van der Waals surface area contributed by atoms with E-state index in [4.69, 9.17) is 0 Å². The van der Waals surface area contributed by atoms with Crippen molar-refractivity contribution in [3.05, 3.63) is 0 Å². The molecule has 1 rings (SSSR count). The minimum atomic E-state index is -0.750. The fourth-order valence-electron chi connectivity index (χ4n) is 1.49. The molecule has 0 spiro atoms. The van der Waals surface area contributed by atoms with Crippen LogP contribution in [0.15, 0.2) is 0 Å². The molecule has 0 bridgehead atoms. The third kappa shape index (κ3) is 3.28. The summed E-state index contributed by atoms with van der Waals surface area (Å²) in [5.41, 5.74) is 0. The first-order valence-corrected chi connectivity index (χ1v) is 4.52. The number of esters is 2. The Morgan fingerprint density at radius 1 is 1.12 bits per heavy atom. The number of carbonyl (C=O) groups excluding carboxylic acids is 3. The lowest BCUT2D eigenvalue weighted by molar-refractivity contribution is -0.150. The maximum absolute atomic E-state index is 11.3. The Kier molecular flexibility index (Phi) is 5.62. The molecule has 0 radical (unpaired) electrons. The zero-order chi connectivity index (χ0) is 11.4. The zero-order valence-corrected chi connectivity index (χ0v) is 9.11. The van der Waals surface area contributed by atoms with Gasteiger partial charge in [-0.3, -0.25) is 19.7 Å². The first-order chi connectivity index (χ1) is 7.08. The normalized spacial score (nSPS) is 24.2. The highest BCUT2D eigenvalue weighted by Crippen LogP contribution is 2.11. The number of ether oxygens (including phenoxy) is 2. The minimum Gasteiger partial charge on any atom is -0.468 e. The second-order valence-electron chi connectivity index (χ2n) is 3.27. The molecule has 0 aliphatic carbocycles. The molecule has 7 heteroatoms. The van der Waals surface area contributed by atoms with Gasteiger partial charge in [0.15, 0.2) is 0 Å². The first-order valence-electron chi connectivity index (χ1n) is 4.52. The Morgan fingerprint density at radius 3 is 1.81 bits per heavy atom. The van der Waals surface area contributed by atoms with Crippen LogP contribution in [0, 0.1) is 0 Å². The molecule has 2 unspecified atom stereocenters. The number of Topliss-reactive ketones (excluding diaryl/α,β-unsaturated/α-hetero) is 1. The van der Waals surface area contributed by atoms with Gasteiger partial charge in [-0.05, 0) is 0 Å². The van der Waals surface area contributed by atoms with Gasteiger partial charge in [0, 0.05) is 12.8 Å². The van der Waals surface area contributed by atoms with E-state index in [2.05, 4.69) is 14.8 Å². The van der Waals surface area contributed by atoms with Gasteiger partial charge < -0.3 is 14.9 Å². The monoisotopic (exact) mass is 233 g/mol. The van der Waals surface area contributed by atoms with Gasteiger partial charge in [0.05, 0.1) is 14.2 Å². The molecule has 92 valence electrons. The average molecular weight is 233 g/mol. The Morgan fingerprint density at radius 2 is 1.50 bits per heavy atom. The molecule has 0 aromatic carbocycles. The van der Waals surface area contributed by atoms with Crippen LogP contribution in [0.5, 0.6) is 0 Å². The molecule has 1 heterocycles. The number of nitrogens with one attached hydrogen (secondary N) is 1. The number of ketones is 1. The summed E-state index contributed by atoms with van der Waals surface area (Å²) in [6, 6.07) is -1.50. The Hall–Kier alpha value is -1.47. The number of hydrogen-bond acceptors (Lipinski definition) is 6. The lowest BCUT2D eigenvalue weighted by Crippen LogP contribution is -2.53. The van der Waals surface area contributed by atoms with Gasteiger partial charge in [-0.1, -0.05) is 0 Å². The molecular weight excluding hydrogens is 218 g/mol. The maximum atomic E-state index is 11.3. The summed E-state index contributed by atoms with van der Waals surface area (Å²) in [6.07, 6.45) is 0.111. The van der Waals surface area contributed by atoms with E-state index in [1.165, 1.54) is 14.2 Å². The van der Waals surface area contributed by atoms with Crippen LogP contribution >= 0.6 is 0 Å². The SMILES string of the molecule is COC(=O)C1CC(=O)CC(C(=O)OC)N1.O. The standard InChI is InChI=1S/C9H13NO5.H2O/c1-14-8(12)6-3-5(11)4-7(10-6)9(13)15-2;/h6-7,10H,3-4H2,1-2H3;1H2. The summed E-state index contributed by atoms with van der Waals surface area (Å²) in [5, 5.41) is 2.72. The van der Waals surface area contributed by atoms with Gasteiger partial charge in [-0.15, -0.1) is 0 Å². The lowest BCUT2D eigenvalue weighted by Gasteiger charge is -2.26. The van der Waals surface area contributed by atoms with Gasteiger partial charge in [-0.25, -0.2) is 0 Å². The van der Waals surface area contributed by atoms with Crippen molar-refractivity contribution in [3.63, 3.8) is 0 Å². The van der Waals surface area contributed by atoms with Crippen LogP contribution in [0.4, 0.5) is 0 Å². The molecule has 16 heavy (non-hydrogen) atoms. The van der Waals surface area contributed by atoms with Gasteiger partial charge in [0.25, 0.3) is 0 Å². The summed E-state index contributed by atoms with van der Waals surface area (Å²) in [6.45, 7) is 0. The zero-order valence-electron chi connectivity index (χ0n) is 9.11. The van der Waals surface area contributed by atoms with Crippen molar-refractivity contribution in [2.45, 2.75) is 24.9 Å². The predicted octanol–water partition coefficient (Wildman–Crippen LogP) is -1.80. The highest BCUT2D eigenvalue weighted by molar-refractivity contribution is 5.92. The first kappa shape index (κ1) is 14.5. The summed E-state index contributed by atoms with van der Waals surface area (Å²) >= 11 is 0. The Balaban J connectivity index is 0.00000225. The van der Waals surface area contributed by atoms with Crippen molar-refractivity contribution in [3.8, 4) is 0 Å². The second-order valence-corrected chi connectivity index (χ2v) is 3.27. The number of piperidine rings is 1. The molecule has 0 aromatic heterocycles. The van der Waals surface area contributed by atoms with E-state index in [9.17, 15) is 14.4 Å². The summed E-state index contributed by atoms with van der Waals surface area (Å²) in [4.78, 5) is 33.6. The van der Waals surface area contributed by atoms with E-state index >= 15 is 0 Å². The third-order valence-corrected chi connectivity index (χ3v) is 2.24. The number of carbonyl (C=O) groups is 3. The minimum absolute atomic E-state index is 0. The van der Waals surface area contributed by atoms with E-state index in [1.54, 1.807) is 0 Å². The van der Waals surface area contributed by atoms with Crippen molar-refractivity contribution < 1.29 is 29.3 Å². The largest absolute Gasteiger partial charge is 0.468 e. The molecule has 2 atom stereocenters. The van der Waals surface area contributed by atoms with Crippen LogP contribution in [-0.4, -0.2) is 49.5 Å². The van der Waals surface area contributed by atoms with E-state index in [-0.39, 0.29) is 24.1 Å². The second kappa shape index (κ2) is 6.19. The number of methoxy groups -OCH3 is 2. The molecule has 7 nitrogen and oxygen atoms in total. The van der Waals surface area contributed by atoms with Crippen LogP contribution in [-0.2, 0) is 23.9 Å². The lowest BCUT2D eigenvalue weighted by atomic mass is 9.97. The van der Waals surface area contributed by atoms with Crippen molar-refractivity contribution in [2.24, 2.45) is 0 Å². The summed E-state index contributed by atoms with van der Waals surface area (Å²) in [7, 11) is 2.46. The van der Waals surface area contributed by atoms with Crippen LogP contribution in [0.3, 0.4) is 0 Å². The van der Waals surface area contributed by atoms with E-state index in [0.29, 0.717) is 0 Å². The molecule has 3 N–H and O–H groups in total. The summed E-state index contributed by atoms with van der Waals surface area (Å²) < 4.78 is 8.99. The average Bonchev–Trinajstić information content (AvgIpc) is 2.26. The van der Waals surface area contributed by atoms with Gasteiger partial charge in [0.2, 0.25) is 0 Å². The number of rotatable bonds is 2. The molecule has 0 saturated carbocycles.